The van der Waals surface area contributed by atoms with Gasteiger partial charge in [0.25, 0.3) is 5.91 Å². The van der Waals surface area contributed by atoms with Crippen molar-refractivity contribution in [2.24, 2.45) is 0 Å². The number of aromatic nitrogens is 2. The lowest BCUT2D eigenvalue weighted by Gasteiger charge is -2.14. The molecule has 0 saturated carbocycles. The first-order valence-corrected chi connectivity index (χ1v) is 6.89. The fourth-order valence-corrected chi connectivity index (χ4v) is 2.32. The second-order valence-electron chi connectivity index (χ2n) is 5.04. The largest absolute Gasteiger partial charge is 0.479 e. The van der Waals surface area contributed by atoms with E-state index in [4.69, 9.17) is 0 Å². The number of nitrogens with one attached hydrogen (secondary N) is 2. The summed E-state index contributed by atoms with van der Waals surface area (Å²) in [5, 5.41) is 18.6. The van der Waals surface area contributed by atoms with Gasteiger partial charge in [-0.15, -0.1) is 0 Å². The fourth-order valence-electron chi connectivity index (χ4n) is 2.32. The number of benzene rings is 2. The molecule has 0 radical (unpaired) electrons. The molecule has 1 amide bonds. The zero-order valence-electron chi connectivity index (χ0n) is 12.1. The van der Waals surface area contributed by atoms with Crippen LogP contribution in [0.2, 0.25) is 0 Å². The number of carboxylic acid groups (broad SMARTS) is 1. The first kappa shape index (κ1) is 15.6. The molecule has 3 aromatic rings. The quantitative estimate of drug-likeness (QED) is 0.684. The van der Waals surface area contributed by atoms with E-state index >= 15 is 0 Å². The van der Waals surface area contributed by atoms with E-state index in [1.54, 1.807) is 24.3 Å². The standard InChI is InChI=1S/C16H11F2N3O3/c17-10-6-5-8(7-11(10)18)13(16(23)24)19-15(22)14-9-3-1-2-4-12(9)20-21-14/h1-7,13H,(H,19,22)(H,20,21)(H,23,24). The Morgan fingerprint density at radius 2 is 1.88 bits per heavy atom. The Morgan fingerprint density at radius 3 is 2.58 bits per heavy atom. The molecule has 3 rings (SSSR count). The highest BCUT2D eigenvalue weighted by Crippen LogP contribution is 2.19. The van der Waals surface area contributed by atoms with Crippen LogP contribution in [0.15, 0.2) is 42.5 Å². The van der Waals surface area contributed by atoms with Crippen LogP contribution in [0.5, 0.6) is 0 Å². The number of aromatic amines is 1. The molecule has 122 valence electrons. The molecule has 0 spiro atoms. The maximum atomic E-state index is 13.3. The van der Waals surface area contributed by atoms with Crippen molar-refractivity contribution < 1.29 is 23.5 Å². The number of rotatable bonds is 4. The SMILES string of the molecule is O=C(NC(C(=O)O)c1ccc(F)c(F)c1)c1n[nH]c2ccccc12. The van der Waals surface area contributed by atoms with Gasteiger partial charge in [0, 0.05) is 5.39 Å². The highest BCUT2D eigenvalue weighted by molar-refractivity contribution is 6.05. The van der Waals surface area contributed by atoms with Crippen molar-refractivity contribution in [1.29, 1.82) is 0 Å². The van der Waals surface area contributed by atoms with Crippen LogP contribution in [0.25, 0.3) is 10.9 Å². The Hall–Kier alpha value is -3.29. The third kappa shape index (κ3) is 2.81. The molecule has 0 fully saturated rings. The number of aliphatic carboxylic acids is 1. The predicted molar refractivity (Wildman–Crippen MR) is 80.3 cm³/mol. The molecule has 0 bridgehead atoms. The molecule has 0 aliphatic heterocycles. The van der Waals surface area contributed by atoms with E-state index in [9.17, 15) is 23.5 Å². The zero-order valence-corrected chi connectivity index (χ0v) is 12.1. The molecular weight excluding hydrogens is 320 g/mol. The van der Waals surface area contributed by atoms with Crippen LogP contribution in [-0.2, 0) is 4.79 Å². The van der Waals surface area contributed by atoms with Gasteiger partial charge in [-0.1, -0.05) is 24.3 Å². The van der Waals surface area contributed by atoms with E-state index in [1.165, 1.54) is 0 Å². The molecule has 0 aliphatic carbocycles. The smallest absolute Gasteiger partial charge is 0.330 e. The summed E-state index contributed by atoms with van der Waals surface area (Å²) in [6.45, 7) is 0. The van der Waals surface area contributed by atoms with Crippen LogP contribution in [0.1, 0.15) is 22.1 Å². The van der Waals surface area contributed by atoms with Crippen LogP contribution in [0.3, 0.4) is 0 Å². The van der Waals surface area contributed by atoms with E-state index in [2.05, 4.69) is 15.5 Å². The van der Waals surface area contributed by atoms with E-state index in [-0.39, 0.29) is 11.3 Å². The van der Waals surface area contributed by atoms with Crippen molar-refractivity contribution in [3.8, 4) is 0 Å². The summed E-state index contributed by atoms with van der Waals surface area (Å²) < 4.78 is 26.3. The Kier molecular flexibility index (Phi) is 3.95. The van der Waals surface area contributed by atoms with Gasteiger partial charge in [-0.3, -0.25) is 9.89 Å². The van der Waals surface area contributed by atoms with Gasteiger partial charge in [-0.2, -0.15) is 5.10 Å². The van der Waals surface area contributed by atoms with Gasteiger partial charge in [0.2, 0.25) is 0 Å². The molecule has 6 nitrogen and oxygen atoms in total. The normalized spacial score (nSPS) is 12.1. The highest BCUT2D eigenvalue weighted by atomic mass is 19.2. The molecule has 1 heterocycles. The van der Waals surface area contributed by atoms with Crippen LogP contribution < -0.4 is 5.32 Å². The minimum atomic E-state index is -1.54. The molecular formula is C16H11F2N3O3. The lowest BCUT2D eigenvalue weighted by molar-refractivity contribution is -0.139. The van der Waals surface area contributed by atoms with Gasteiger partial charge < -0.3 is 10.4 Å². The number of fused-ring (bicyclic) bond motifs is 1. The first-order valence-electron chi connectivity index (χ1n) is 6.89. The minimum absolute atomic E-state index is 0.0134. The van der Waals surface area contributed by atoms with Crippen molar-refractivity contribution in [2.45, 2.75) is 6.04 Å². The number of hydrogen-bond donors (Lipinski definition) is 3. The van der Waals surface area contributed by atoms with Crippen molar-refractivity contribution >= 4 is 22.8 Å². The van der Waals surface area contributed by atoms with Crippen molar-refractivity contribution in [2.75, 3.05) is 0 Å². The average molecular weight is 331 g/mol. The van der Waals surface area contributed by atoms with Crippen LogP contribution in [0, 0.1) is 11.6 Å². The molecule has 1 atom stereocenters. The maximum Gasteiger partial charge on any atom is 0.330 e. The average Bonchev–Trinajstić information content (AvgIpc) is 2.99. The molecule has 24 heavy (non-hydrogen) atoms. The number of carbonyl (C=O) groups is 2. The van der Waals surface area contributed by atoms with Crippen LogP contribution in [-0.4, -0.2) is 27.2 Å². The Balaban J connectivity index is 1.92. The number of carboxylic acids is 1. The summed E-state index contributed by atoms with van der Waals surface area (Å²) in [7, 11) is 0. The van der Waals surface area contributed by atoms with Gasteiger partial charge >= 0.3 is 5.97 Å². The number of hydrogen-bond acceptors (Lipinski definition) is 3. The lowest BCUT2D eigenvalue weighted by Crippen LogP contribution is -2.34. The molecule has 1 aromatic heterocycles. The molecule has 3 N–H and O–H groups in total. The molecule has 8 heteroatoms. The zero-order chi connectivity index (χ0) is 17.3. The molecule has 0 aliphatic rings. The third-order valence-corrected chi connectivity index (χ3v) is 3.48. The van der Waals surface area contributed by atoms with Crippen molar-refractivity contribution in [1.82, 2.24) is 15.5 Å². The highest BCUT2D eigenvalue weighted by Gasteiger charge is 2.25. The van der Waals surface area contributed by atoms with Gasteiger partial charge in [-0.05, 0) is 23.8 Å². The molecule has 1 unspecified atom stereocenters. The number of H-pyrrole nitrogens is 1. The van der Waals surface area contributed by atoms with Gasteiger partial charge in [0.05, 0.1) is 5.52 Å². The van der Waals surface area contributed by atoms with E-state index in [0.29, 0.717) is 10.9 Å². The second-order valence-corrected chi connectivity index (χ2v) is 5.04. The van der Waals surface area contributed by atoms with Crippen LogP contribution in [0.4, 0.5) is 8.78 Å². The van der Waals surface area contributed by atoms with Crippen molar-refractivity contribution in [3.63, 3.8) is 0 Å². The third-order valence-electron chi connectivity index (χ3n) is 3.48. The summed E-state index contributed by atoms with van der Waals surface area (Å²) in [4.78, 5) is 23.7. The summed E-state index contributed by atoms with van der Waals surface area (Å²) in [6, 6.07) is 7.92. The van der Waals surface area contributed by atoms with Gasteiger partial charge in [0.15, 0.2) is 23.4 Å². The second kappa shape index (κ2) is 6.07. The summed E-state index contributed by atoms with van der Waals surface area (Å²) in [6.07, 6.45) is 0. The van der Waals surface area contributed by atoms with Gasteiger partial charge in [-0.25, -0.2) is 13.6 Å². The van der Waals surface area contributed by atoms with Gasteiger partial charge in [0.1, 0.15) is 0 Å². The fraction of sp³-hybridized carbons (Fsp3) is 0.0625. The number of halogens is 2. The molecule has 0 saturated heterocycles. The maximum absolute atomic E-state index is 13.3. The van der Waals surface area contributed by atoms with E-state index < -0.39 is 29.6 Å². The lowest BCUT2D eigenvalue weighted by atomic mass is 10.1. The topological polar surface area (TPSA) is 95.1 Å². The number of nitrogens with zero attached hydrogens (tertiary/aromatic N) is 1. The van der Waals surface area contributed by atoms with E-state index in [1.807, 2.05) is 0 Å². The number of amides is 1. The Bertz CT molecular complexity index is 939. The van der Waals surface area contributed by atoms with Crippen LogP contribution >= 0.6 is 0 Å². The Labute approximate surface area is 134 Å². The monoisotopic (exact) mass is 331 g/mol. The number of para-hydroxylation sites is 1. The molecule has 2 aromatic carbocycles. The van der Waals surface area contributed by atoms with E-state index in [0.717, 1.165) is 18.2 Å². The summed E-state index contributed by atoms with van der Waals surface area (Å²) in [5.74, 6) is -4.45. The first-order chi connectivity index (χ1) is 11.5. The number of carbonyl (C=O) groups excluding carboxylic acids is 1. The van der Waals surface area contributed by atoms with Crippen molar-refractivity contribution in [3.05, 3.63) is 65.4 Å². The predicted octanol–water partition coefficient (Wildman–Crippen LogP) is 2.40. The minimum Gasteiger partial charge on any atom is -0.479 e. The summed E-state index contributed by atoms with van der Waals surface area (Å²) in [5.41, 5.74) is 0.538. The summed E-state index contributed by atoms with van der Waals surface area (Å²) >= 11 is 0. The Morgan fingerprint density at radius 1 is 1.12 bits per heavy atom.